The third-order valence-electron chi connectivity index (χ3n) is 6.56. The number of carbonyl (C=O) groups is 1. The Hall–Kier alpha value is -3.49. The molecule has 1 saturated heterocycles. The fourth-order valence-electron chi connectivity index (χ4n) is 4.74. The van der Waals surface area contributed by atoms with Gasteiger partial charge in [0.25, 0.3) is 5.91 Å². The van der Waals surface area contributed by atoms with Crippen LogP contribution in [-0.4, -0.2) is 65.1 Å². The molecule has 0 unspecified atom stereocenters. The van der Waals surface area contributed by atoms with E-state index in [0.29, 0.717) is 43.0 Å². The Labute approximate surface area is 200 Å². The minimum Gasteiger partial charge on any atom is -0.493 e. The van der Waals surface area contributed by atoms with Crippen LogP contribution in [0.4, 0.5) is 0 Å². The quantitative estimate of drug-likeness (QED) is 0.577. The summed E-state index contributed by atoms with van der Waals surface area (Å²) < 4.78 is 19.6. The Morgan fingerprint density at radius 2 is 1.94 bits per heavy atom. The van der Waals surface area contributed by atoms with Gasteiger partial charge >= 0.3 is 0 Å². The Kier molecular flexibility index (Phi) is 5.93. The van der Waals surface area contributed by atoms with E-state index < -0.39 is 18.3 Å². The van der Waals surface area contributed by atoms with Crippen molar-refractivity contribution in [3.8, 4) is 22.9 Å². The van der Waals surface area contributed by atoms with Gasteiger partial charge in [0.15, 0.2) is 17.1 Å². The first-order chi connectivity index (χ1) is 16.5. The lowest BCUT2D eigenvalue weighted by Gasteiger charge is -2.45. The van der Waals surface area contributed by atoms with Gasteiger partial charge in [-0.1, -0.05) is 12.1 Å². The Balaban J connectivity index is 0.00000180. The molecular formula is C26H32N2O6. The molecule has 1 amide bonds. The number of rotatable bonds is 6. The predicted octanol–water partition coefficient (Wildman–Crippen LogP) is 3.23. The zero-order valence-corrected chi connectivity index (χ0v) is 19.0. The summed E-state index contributed by atoms with van der Waals surface area (Å²) in [6.07, 6.45) is 2.45. The van der Waals surface area contributed by atoms with Gasteiger partial charge in [-0.3, -0.25) is 4.79 Å². The molecule has 34 heavy (non-hydrogen) atoms. The number of fused-ring (bicyclic) bond motifs is 4. The molecular weight excluding hydrogens is 436 g/mol. The molecule has 0 radical (unpaired) electrons. The highest BCUT2D eigenvalue weighted by Gasteiger charge is 2.44. The maximum Gasteiger partial charge on any atom is 0.253 e. The van der Waals surface area contributed by atoms with Gasteiger partial charge in [0.2, 0.25) is 0 Å². The SMILES string of the molecule is COc1cc(C(=O)N2CCC3(CC2)Oc2ccccc2-n2cccc23)ccc1OC[C@@H](O)CO.[HH].[HH]. The van der Waals surface area contributed by atoms with E-state index in [1.807, 2.05) is 29.2 Å². The van der Waals surface area contributed by atoms with Crippen LogP contribution < -0.4 is 14.2 Å². The molecule has 2 aliphatic heterocycles. The largest absolute Gasteiger partial charge is 0.493 e. The summed E-state index contributed by atoms with van der Waals surface area (Å²) in [5.41, 5.74) is 2.19. The summed E-state index contributed by atoms with van der Waals surface area (Å²) in [5, 5.41) is 18.5. The van der Waals surface area contributed by atoms with Crippen LogP contribution in [-0.2, 0) is 5.60 Å². The summed E-state index contributed by atoms with van der Waals surface area (Å²) in [4.78, 5) is 15.1. The van der Waals surface area contributed by atoms with Crippen molar-refractivity contribution < 1.29 is 32.1 Å². The van der Waals surface area contributed by atoms with Crippen LogP contribution in [0, 0.1) is 0 Å². The lowest BCUT2D eigenvalue weighted by Crippen LogP contribution is -2.50. The molecule has 5 rings (SSSR count). The van der Waals surface area contributed by atoms with Crippen LogP contribution >= 0.6 is 0 Å². The lowest BCUT2D eigenvalue weighted by molar-refractivity contribution is -0.00932. The molecule has 8 heteroatoms. The van der Waals surface area contributed by atoms with Gasteiger partial charge in [-0.15, -0.1) is 0 Å². The highest BCUT2D eigenvalue weighted by molar-refractivity contribution is 5.95. The van der Waals surface area contributed by atoms with E-state index in [1.165, 1.54) is 7.11 Å². The molecule has 0 saturated carbocycles. The number of piperidine rings is 1. The summed E-state index contributed by atoms with van der Waals surface area (Å²) in [6.45, 7) is 0.666. The number of aromatic nitrogens is 1. The number of hydrogen-bond donors (Lipinski definition) is 2. The van der Waals surface area contributed by atoms with Gasteiger partial charge < -0.3 is 33.9 Å². The van der Waals surface area contributed by atoms with E-state index in [1.54, 1.807) is 18.2 Å². The number of para-hydroxylation sites is 2. The molecule has 1 aromatic heterocycles. The molecule has 2 aromatic carbocycles. The second kappa shape index (κ2) is 9.04. The predicted molar refractivity (Wildman–Crippen MR) is 129 cm³/mol. The number of likely N-dealkylation sites (tertiary alicyclic amines) is 1. The van der Waals surface area contributed by atoms with Crippen LogP contribution in [0.2, 0.25) is 0 Å². The van der Waals surface area contributed by atoms with E-state index in [-0.39, 0.29) is 15.4 Å². The Morgan fingerprint density at radius 3 is 2.71 bits per heavy atom. The first-order valence-corrected chi connectivity index (χ1v) is 11.4. The molecule has 1 atom stereocenters. The fraction of sp³-hybridized carbons (Fsp3) is 0.346. The van der Waals surface area contributed by atoms with E-state index in [9.17, 15) is 9.90 Å². The molecule has 1 fully saturated rings. The number of amides is 1. The Morgan fingerprint density at radius 1 is 1.15 bits per heavy atom. The third-order valence-corrected chi connectivity index (χ3v) is 6.56. The van der Waals surface area contributed by atoms with Crippen molar-refractivity contribution in [1.29, 1.82) is 0 Å². The number of hydrogen-bond acceptors (Lipinski definition) is 6. The summed E-state index contributed by atoms with van der Waals surface area (Å²) in [5.74, 6) is 1.58. The van der Waals surface area contributed by atoms with Crippen molar-refractivity contribution in [1.82, 2.24) is 9.47 Å². The van der Waals surface area contributed by atoms with Crippen molar-refractivity contribution in [3.63, 3.8) is 0 Å². The summed E-state index contributed by atoms with van der Waals surface area (Å²) in [6, 6.07) is 17.1. The zero-order chi connectivity index (χ0) is 23.7. The molecule has 2 N–H and O–H groups in total. The number of aliphatic hydroxyl groups is 2. The molecule has 3 heterocycles. The summed E-state index contributed by atoms with van der Waals surface area (Å²) in [7, 11) is 1.50. The van der Waals surface area contributed by atoms with Crippen molar-refractivity contribution >= 4 is 5.91 Å². The average Bonchev–Trinajstić information content (AvgIpc) is 3.39. The topological polar surface area (TPSA) is 93.4 Å². The normalized spacial score (nSPS) is 16.9. The minimum absolute atomic E-state index is 0. The van der Waals surface area contributed by atoms with Crippen LogP contribution in [0.5, 0.6) is 17.2 Å². The van der Waals surface area contributed by atoms with Crippen LogP contribution in [0.1, 0.15) is 31.7 Å². The van der Waals surface area contributed by atoms with Gasteiger partial charge in [-0.05, 0) is 42.5 Å². The van der Waals surface area contributed by atoms with Crippen molar-refractivity contribution in [2.45, 2.75) is 24.5 Å². The van der Waals surface area contributed by atoms with Crippen LogP contribution in [0.3, 0.4) is 0 Å². The first kappa shape index (κ1) is 22.3. The molecule has 1 spiro atoms. The number of nitrogens with zero attached hydrogens (tertiary/aromatic N) is 2. The van der Waals surface area contributed by atoms with E-state index in [0.717, 1.165) is 17.1 Å². The highest BCUT2D eigenvalue weighted by Crippen LogP contribution is 2.45. The van der Waals surface area contributed by atoms with E-state index in [4.69, 9.17) is 19.3 Å². The van der Waals surface area contributed by atoms with Gasteiger partial charge in [0.1, 0.15) is 18.5 Å². The maximum atomic E-state index is 13.3. The second-order valence-corrected chi connectivity index (χ2v) is 8.63. The zero-order valence-electron chi connectivity index (χ0n) is 19.0. The maximum absolute atomic E-state index is 13.3. The number of carbonyl (C=O) groups excluding carboxylic acids is 1. The summed E-state index contributed by atoms with van der Waals surface area (Å²) >= 11 is 0. The second-order valence-electron chi connectivity index (χ2n) is 8.63. The molecule has 2 aliphatic rings. The molecule has 0 bridgehead atoms. The monoisotopic (exact) mass is 468 g/mol. The highest BCUT2D eigenvalue weighted by atomic mass is 16.5. The van der Waals surface area contributed by atoms with Crippen molar-refractivity contribution in [2.75, 3.05) is 33.4 Å². The smallest absolute Gasteiger partial charge is 0.253 e. The van der Waals surface area contributed by atoms with Gasteiger partial charge in [-0.2, -0.15) is 0 Å². The molecule has 8 nitrogen and oxygen atoms in total. The van der Waals surface area contributed by atoms with Gasteiger partial charge in [0, 0.05) is 40.5 Å². The minimum atomic E-state index is -0.984. The average molecular weight is 469 g/mol. The number of benzene rings is 2. The molecule has 182 valence electrons. The Bertz CT molecular complexity index is 1190. The first-order valence-electron chi connectivity index (χ1n) is 11.4. The van der Waals surface area contributed by atoms with Gasteiger partial charge in [-0.25, -0.2) is 0 Å². The third kappa shape index (κ3) is 3.89. The van der Waals surface area contributed by atoms with Crippen LogP contribution in [0.25, 0.3) is 5.69 Å². The standard InChI is InChI=1S/C26H28N2O6.2H2/c1-32-23-15-18(8-9-22(23)33-17-19(30)16-29)25(31)27-13-10-26(11-14-27)24-7-4-12-28(24)20-5-2-3-6-21(20)34-26;;/h2-9,12,15,19,29-30H,10-11,13-14,16-17H2,1H3;2*1H/t19-;;/m0../s1. The number of methoxy groups -OCH3 is 1. The van der Waals surface area contributed by atoms with Crippen molar-refractivity contribution in [2.24, 2.45) is 0 Å². The number of aliphatic hydroxyl groups excluding tert-OH is 2. The lowest BCUT2D eigenvalue weighted by atomic mass is 9.86. The van der Waals surface area contributed by atoms with Crippen LogP contribution in [0.15, 0.2) is 60.8 Å². The van der Waals surface area contributed by atoms with E-state index in [2.05, 4.69) is 22.9 Å². The van der Waals surface area contributed by atoms with Crippen molar-refractivity contribution in [3.05, 3.63) is 72.1 Å². The number of ether oxygens (including phenoxy) is 3. The van der Waals surface area contributed by atoms with E-state index >= 15 is 0 Å². The molecule has 0 aliphatic carbocycles. The molecule has 3 aromatic rings. The van der Waals surface area contributed by atoms with Gasteiger partial charge in [0.05, 0.1) is 25.1 Å². The fourth-order valence-corrected chi connectivity index (χ4v) is 4.74.